The molecule has 0 atom stereocenters. The summed E-state index contributed by atoms with van der Waals surface area (Å²) in [5.74, 6) is 0.125. The Morgan fingerprint density at radius 2 is 0.900 bits per heavy atom. The van der Waals surface area contributed by atoms with Gasteiger partial charge in [0.2, 0.25) is 17.8 Å². The summed E-state index contributed by atoms with van der Waals surface area (Å²) in [6, 6.07) is 0. The summed E-state index contributed by atoms with van der Waals surface area (Å²) in [6.45, 7) is 0. The van der Waals surface area contributed by atoms with Crippen molar-refractivity contribution in [1.29, 1.82) is 0 Å². The van der Waals surface area contributed by atoms with Gasteiger partial charge in [0.05, 0.1) is 0 Å². The third-order valence-corrected chi connectivity index (χ3v) is 0.687. The van der Waals surface area contributed by atoms with Crippen molar-refractivity contribution < 1.29 is 21.1 Å². The number of rotatable bonds is 0. The molecule has 1 rings (SSSR count). The van der Waals surface area contributed by atoms with Gasteiger partial charge in [-0.25, -0.2) is 0 Å². The van der Waals surface area contributed by atoms with Gasteiger partial charge in [-0.2, -0.15) is 15.0 Å². The third-order valence-electron chi connectivity index (χ3n) is 0.687. The Labute approximate surface area is 71.5 Å². The monoisotopic (exact) mass is 224 g/mol. The van der Waals surface area contributed by atoms with Gasteiger partial charge in [-0.15, -0.1) is 0 Å². The summed E-state index contributed by atoms with van der Waals surface area (Å²) in [7, 11) is 0. The van der Waals surface area contributed by atoms with E-state index in [-0.39, 0.29) is 38.9 Å². The molecule has 0 bridgehead atoms. The molecule has 0 fully saturated rings. The fourth-order valence-electron chi connectivity index (χ4n) is 0.427. The average molecular weight is 222 g/mol. The summed E-state index contributed by atoms with van der Waals surface area (Å²) >= 11 is 0. The van der Waals surface area contributed by atoms with Gasteiger partial charge in [-0.05, 0) is 0 Å². The minimum atomic E-state index is 0. The molecule has 7 heteroatoms. The maximum absolute atomic E-state index is 5.14. The zero-order valence-electron chi connectivity index (χ0n) is 4.98. The molecule has 0 aliphatic heterocycles. The van der Waals surface area contributed by atoms with Crippen molar-refractivity contribution in [3.8, 4) is 0 Å². The molecule has 1 heterocycles. The molecule has 0 saturated carbocycles. The van der Waals surface area contributed by atoms with Crippen LogP contribution in [0.2, 0.25) is 0 Å². The number of nitrogen functional groups attached to an aromatic ring is 3. The van der Waals surface area contributed by atoms with Gasteiger partial charge < -0.3 is 17.2 Å². The van der Waals surface area contributed by atoms with Crippen molar-refractivity contribution in [1.82, 2.24) is 15.0 Å². The molecule has 0 saturated heterocycles. The predicted molar refractivity (Wildman–Crippen MR) is 33.1 cm³/mol. The van der Waals surface area contributed by atoms with Crippen LogP contribution in [0.1, 0.15) is 0 Å². The van der Waals surface area contributed by atoms with Crippen molar-refractivity contribution in [2.24, 2.45) is 0 Å². The summed E-state index contributed by atoms with van der Waals surface area (Å²) in [4.78, 5) is 10.5. The van der Waals surface area contributed by atoms with Crippen LogP contribution in [0.4, 0.5) is 17.8 Å². The first-order chi connectivity index (χ1) is 4.18. The van der Waals surface area contributed by atoms with Crippen LogP contribution in [0.25, 0.3) is 0 Å². The Morgan fingerprint density at radius 1 is 0.700 bits per heavy atom. The van der Waals surface area contributed by atoms with E-state index < -0.39 is 0 Å². The second-order valence-electron chi connectivity index (χ2n) is 1.41. The maximum atomic E-state index is 5.14. The van der Waals surface area contributed by atoms with Crippen molar-refractivity contribution >= 4 is 17.8 Å². The summed E-state index contributed by atoms with van der Waals surface area (Å²) in [5, 5.41) is 0. The minimum absolute atomic E-state index is 0. The number of anilines is 3. The first kappa shape index (κ1) is 9.10. The van der Waals surface area contributed by atoms with Crippen molar-refractivity contribution in [3.63, 3.8) is 0 Å². The van der Waals surface area contributed by atoms with Gasteiger partial charge in [-0.1, -0.05) is 0 Å². The molecule has 1 aromatic rings. The van der Waals surface area contributed by atoms with E-state index in [1.807, 2.05) is 0 Å². The summed E-state index contributed by atoms with van der Waals surface area (Å²) in [6.07, 6.45) is 0. The van der Waals surface area contributed by atoms with E-state index in [4.69, 9.17) is 17.2 Å². The number of nitrogens with two attached hydrogens (primary N) is 3. The second kappa shape index (κ2) is 3.31. The quantitative estimate of drug-likeness (QED) is 0.465. The maximum Gasteiger partial charge on any atom is 0.226 e. The van der Waals surface area contributed by atoms with Gasteiger partial charge in [0, 0.05) is 21.1 Å². The standard InChI is InChI=1S/C3H6N6.Mo/c4-1-7-2(5)9-3(6)8-1;/h(H6,4,5,6,7,8,9);. The molecule has 0 unspecified atom stereocenters. The van der Waals surface area contributed by atoms with Gasteiger partial charge >= 0.3 is 0 Å². The molecular formula is C3H6MoN6. The van der Waals surface area contributed by atoms with Gasteiger partial charge in [0.1, 0.15) is 0 Å². The minimum Gasteiger partial charge on any atom is -0.368 e. The molecule has 0 radical (unpaired) electrons. The topological polar surface area (TPSA) is 117 Å². The van der Waals surface area contributed by atoms with Crippen LogP contribution in [0.3, 0.4) is 0 Å². The Hall–Kier alpha value is -0.902. The van der Waals surface area contributed by atoms with Crippen LogP contribution in [0, 0.1) is 0 Å². The number of aromatic nitrogens is 3. The fourth-order valence-corrected chi connectivity index (χ4v) is 0.427. The summed E-state index contributed by atoms with van der Waals surface area (Å²) in [5.41, 5.74) is 15.4. The van der Waals surface area contributed by atoms with Gasteiger partial charge in [0.15, 0.2) is 0 Å². The average Bonchev–Trinajstić information content (AvgIpc) is 1.59. The molecule has 0 amide bonds. The molecule has 54 valence electrons. The van der Waals surface area contributed by atoms with Crippen LogP contribution < -0.4 is 17.2 Å². The number of nitrogens with zero attached hydrogens (tertiary/aromatic N) is 3. The van der Waals surface area contributed by atoms with E-state index in [1.165, 1.54) is 0 Å². The zero-order chi connectivity index (χ0) is 6.85. The van der Waals surface area contributed by atoms with Crippen molar-refractivity contribution in [3.05, 3.63) is 0 Å². The summed E-state index contributed by atoms with van der Waals surface area (Å²) < 4.78 is 0. The zero-order valence-corrected chi connectivity index (χ0v) is 6.99. The molecule has 0 aromatic carbocycles. The molecule has 0 aliphatic carbocycles. The van der Waals surface area contributed by atoms with Crippen LogP contribution in [-0.2, 0) is 21.1 Å². The molecule has 0 aliphatic rings. The van der Waals surface area contributed by atoms with E-state index in [9.17, 15) is 0 Å². The Bertz CT molecular complexity index is 174. The van der Waals surface area contributed by atoms with Crippen molar-refractivity contribution in [2.75, 3.05) is 17.2 Å². The van der Waals surface area contributed by atoms with E-state index in [1.54, 1.807) is 0 Å². The predicted octanol–water partition coefficient (Wildman–Crippen LogP) is -1.38. The molecule has 10 heavy (non-hydrogen) atoms. The SMILES string of the molecule is Nc1nc(N)nc(N)n1.[Mo]. The van der Waals surface area contributed by atoms with Crippen molar-refractivity contribution in [2.45, 2.75) is 0 Å². The normalized spacial score (nSPS) is 8.40. The second-order valence-corrected chi connectivity index (χ2v) is 1.41. The third kappa shape index (κ3) is 2.14. The molecule has 6 N–H and O–H groups in total. The Balaban J connectivity index is 0.000000810. The number of hydrogen-bond donors (Lipinski definition) is 3. The van der Waals surface area contributed by atoms with Crippen LogP contribution in [-0.4, -0.2) is 15.0 Å². The van der Waals surface area contributed by atoms with E-state index in [0.29, 0.717) is 0 Å². The Morgan fingerprint density at radius 3 is 1.10 bits per heavy atom. The molecular weight excluding hydrogens is 216 g/mol. The first-order valence-electron chi connectivity index (χ1n) is 2.21. The smallest absolute Gasteiger partial charge is 0.226 e. The van der Waals surface area contributed by atoms with Crippen LogP contribution in [0.5, 0.6) is 0 Å². The van der Waals surface area contributed by atoms with Crippen LogP contribution in [0.15, 0.2) is 0 Å². The fraction of sp³-hybridized carbons (Fsp3) is 0. The molecule has 0 spiro atoms. The molecule has 6 nitrogen and oxygen atoms in total. The number of hydrogen-bond acceptors (Lipinski definition) is 6. The van der Waals surface area contributed by atoms with Gasteiger partial charge in [0.25, 0.3) is 0 Å². The largest absolute Gasteiger partial charge is 0.368 e. The van der Waals surface area contributed by atoms with E-state index in [0.717, 1.165) is 0 Å². The first-order valence-corrected chi connectivity index (χ1v) is 2.21. The Kier molecular flexibility index (Phi) is 3.01. The molecule has 1 aromatic heterocycles. The van der Waals surface area contributed by atoms with Crippen LogP contribution >= 0.6 is 0 Å². The van der Waals surface area contributed by atoms with E-state index in [2.05, 4.69) is 15.0 Å². The van der Waals surface area contributed by atoms with Gasteiger partial charge in [-0.3, -0.25) is 0 Å². The van der Waals surface area contributed by atoms with E-state index >= 15 is 0 Å².